The van der Waals surface area contributed by atoms with Gasteiger partial charge in [-0.15, -0.1) is 0 Å². The molecule has 0 aliphatic rings. The molecule has 0 heterocycles. The topological polar surface area (TPSA) is 46.9 Å². The average Bonchev–Trinajstić information content (AvgIpc) is 2.55. The van der Waals surface area contributed by atoms with E-state index in [4.69, 9.17) is 10.2 Å². The predicted molar refractivity (Wildman–Crippen MR) is 102 cm³/mol. The molecule has 142 valence electrons. The van der Waals surface area contributed by atoms with E-state index in [-0.39, 0.29) is 6.61 Å². The molecule has 0 saturated carbocycles. The van der Waals surface area contributed by atoms with Gasteiger partial charge in [0.05, 0.1) is 6.61 Å². The Bertz CT molecular complexity index is 204. The fourth-order valence-corrected chi connectivity index (χ4v) is 2.66. The Balaban J connectivity index is 0. The fourth-order valence-electron chi connectivity index (χ4n) is 2.66. The molecule has 1 atom stereocenters. The summed E-state index contributed by atoms with van der Waals surface area (Å²) in [5.74, 6) is 0. The second-order valence-corrected chi connectivity index (χ2v) is 6.34. The summed E-state index contributed by atoms with van der Waals surface area (Å²) < 4.78 is 0. The maximum absolute atomic E-state index is 8.92. The Morgan fingerprint density at radius 3 is 1.52 bits per heavy atom. The molecule has 0 radical (unpaired) electrons. The van der Waals surface area contributed by atoms with Gasteiger partial charge in [-0.05, 0) is 78.2 Å². The number of aliphatic hydroxyl groups excluding tert-OH is 2. The Hall–Kier alpha value is -0.160. The van der Waals surface area contributed by atoms with Gasteiger partial charge in [0.25, 0.3) is 0 Å². The van der Waals surface area contributed by atoms with Crippen molar-refractivity contribution >= 4 is 0 Å². The van der Waals surface area contributed by atoms with Gasteiger partial charge in [-0.3, -0.25) is 4.90 Å². The van der Waals surface area contributed by atoms with Crippen molar-refractivity contribution in [2.45, 2.75) is 79.2 Å². The Morgan fingerprint density at radius 1 is 0.696 bits per heavy atom. The molecule has 1 unspecified atom stereocenters. The highest BCUT2D eigenvalue weighted by atomic mass is 16.3. The van der Waals surface area contributed by atoms with E-state index in [0.29, 0.717) is 12.6 Å². The molecular weight excluding hydrogens is 288 g/mol. The highest BCUT2D eigenvalue weighted by molar-refractivity contribution is 4.64. The molecule has 0 aliphatic carbocycles. The van der Waals surface area contributed by atoms with Crippen LogP contribution in [0.1, 0.15) is 73.1 Å². The molecule has 4 nitrogen and oxygen atoms in total. The summed E-state index contributed by atoms with van der Waals surface area (Å²) in [6.45, 7) is 17.3. The van der Waals surface area contributed by atoms with Gasteiger partial charge in [-0.2, -0.15) is 0 Å². The van der Waals surface area contributed by atoms with Crippen LogP contribution in [0.4, 0.5) is 0 Å². The van der Waals surface area contributed by atoms with Crippen LogP contribution in [-0.4, -0.2) is 72.0 Å². The molecule has 0 amide bonds. The molecule has 2 N–H and O–H groups in total. The molecular formula is C19H44N2O2. The lowest BCUT2D eigenvalue weighted by atomic mass is 10.2. The van der Waals surface area contributed by atoms with Gasteiger partial charge in [0.2, 0.25) is 0 Å². The zero-order valence-corrected chi connectivity index (χ0v) is 16.6. The lowest BCUT2D eigenvalue weighted by molar-refractivity contribution is 0.134. The highest BCUT2D eigenvalue weighted by Crippen LogP contribution is 2.00. The fraction of sp³-hybridized carbons (Fsp3) is 1.00. The molecule has 0 bridgehead atoms. The molecule has 23 heavy (non-hydrogen) atoms. The number of hydrogen-bond acceptors (Lipinski definition) is 4. The number of hydrogen-bond donors (Lipinski definition) is 2. The van der Waals surface area contributed by atoms with E-state index in [1.807, 2.05) is 0 Å². The van der Waals surface area contributed by atoms with Gasteiger partial charge >= 0.3 is 0 Å². The van der Waals surface area contributed by atoms with E-state index < -0.39 is 0 Å². The number of unbranched alkanes of at least 4 members (excludes halogenated alkanes) is 1. The van der Waals surface area contributed by atoms with E-state index in [1.165, 1.54) is 38.8 Å². The minimum absolute atomic E-state index is 0.278. The van der Waals surface area contributed by atoms with Gasteiger partial charge in [0, 0.05) is 12.6 Å². The van der Waals surface area contributed by atoms with Crippen LogP contribution in [-0.2, 0) is 0 Å². The summed E-state index contributed by atoms with van der Waals surface area (Å²) in [4.78, 5) is 4.82. The summed E-state index contributed by atoms with van der Waals surface area (Å²) in [5.41, 5.74) is 0. The van der Waals surface area contributed by atoms with Crippen molar-refractivity contribution < 1.29 is 10.2 Å². The number of rotatable bonds is 14. The van der Waals surface area contributed by atoms with E-state index >= 15 is 0 Å². The van der Waals surface area contributed by atoms with Crippen LogP contribution < -0.4 is 0 Å². The first kappa shape index (κ1) is 25.1. The van der Waals surface area contributed by atoms with Crippen molar-refractivity contribution in [3.63, 3.8) is 0 Å². The first-order valence-electron chi connectivity index (χ1n) is 9.79. The molecule has 0 aromatic rings. The summed E-state index contributed by atoms with van der Waals surface area (Å²) in [5, 5.41) is 17.5. The quantitative estimate of drug-likeness (QED) is 0.479. The SMILES string of the molecule is CCCN(CCC)C(C)CO.CCCN(CCC)CCCCO. The summed E-state index contributed by atoms with van der Waals surface area (Å²) in [6.07, 6.45) is 6.90. The van der Waals surface area contributed by atoms with E-state index in [9.17, 15) is 0 Å². The van der Waals surface area contributed by atoms with Crippen molar-refractivity contribution in [3.05, 3.63) is 0 Å². The van der Waals surface area contributed by atoms with Gasteiger partial charge in [-0.1, -0.05) is 27.7 Å². The Morgan fingerprint density at radius 2 is 1.17 bits per heavy atom. The monoisotopic (exact) mass is 332 g/mol. The minimum atomic E-state index is 0.278. The third kappa shape index (κ3) is 16.5. The molecule has 0 fully saturated rings. The molecule has 0 aliphatic heterocycles. The van der Waals surface area contributed by atoms with Crippen molar-refractivity contribution in [1.82, 2.24) is 9.80 Å². The minimum Gasteiger partial charge on any atom is -0.396 e. The lowest BCUT2D eigenvalue weighted by Crippen LogP contribution is -2.36. The zero-order valence-electron chi connectivity index (χ0n) is 16.6. The standard InChI is InChI=1S/C10H23NO.C9H21NO/c1-3-7-11(8-4-2)9-5-6-10-12;1-4-6-10(7-5-2)9(3)8-11/h12H,3-10H2,1-2H3;9,11H,4-8H2,1-3H3. The third-order valence-corrected chi connectivity index (χ3v) is 3.87. The van der Waals surface area contributed by atoms with Crippen molar-refractivity contribution in [2.75, 3.05) is 45.9 Å². The van der Waals surface area contributed by atoms with Crippen molar-refractivity contribution in [3.8, 4) is 0 Å². The van der Waals surface area contributed by atoms with Crippen LogP contribution in [0.5, 0.6) is 0 Å². The maximum atomic E-state index is 8.92. The Labute approximate surface area is 145 Å². The number of nitrogens with zero attached hydrogens (tertiary/aromatic N) is 2. The highest BCUT2D eigenvalue weighted by Gasteiger charge is 2.09. The van der Waals surface area contributed by atoms with E-state index in [1.54, 1.807) is 0 Å². The predicted octanol–water partition coefficient (Wildman–Crippen LogP) is 3.37. The van der Waals surface area contributed by atoms with Crippen molar-refractivity contribution in [1.29, 1.82) is 0 Å². The van der Waals surface area contributed by atoms with E-state index in [2.05, 4.69) is 44.4 Å². The normalized spacial score (nSPS) is 12.4. The lowest BCUT2D eigenvalue weighted by Gasteiger charge is -2.26. The molecule has 0 aromatic heterocycles. The summed E-state index contributed by atoms with van der Waals surface area (Å²) >= 11 is 0. The Kier molecular flexibility index (Phi) is 21.7. The van der Waals surface area contributed by atoms with Gasteiger partial charge in [-0.25, -0.2) is 0 Å². The third-order valence-electron chi connectivity index (χ3n) is 3.87. The zero-order chi connectivity index (χ0) is 17.9. The maximum Gasteiger partial charge on any atom is 0.0584 e. The molecule has 0 saturated heterocycles. The summed E-state index contributed by atoms with van der Waals surface area (Å²) in [6, 6.07) is 0.329. The second kappa shape index (κ2) is 19.9. The van der Waals surface area contributed by atoms with Crippen molar-refractivity contribution in [2.24, 2.45) is 0 Å². The van der Waals surface area contributed by atoms with Gasteiger partial charge in [0.1, 0.15) is 0 Å². The van der Waals surface area contributed by atoms with Crippen LogP contribution >= 0.6 is 0 Å². The average molecular weight is 333 g/mol. The van der Waals surface area contributed by atoms with Crippen LogP contribution in [0.15, 0.2) is 0 Å². The molecule has 0 aromatic carbocycles. The first-order valence-corrected chi connectivity index (χ1v) is 9.79. The molecule has 0 rings (SSSR count). The second-order valence-electron chi connectivity index (χ2n) is 6.34. The number of aliphatic hydroxyl groups is 2. The van der Waals surface area contributed by atoms with Gasteiger partial charge in [0.15, 0.2) is 0 Å². The van der Waals surface area contributed by atoms with Crippen LogP contribution in [0, 0.1) is 0 Å². The first-order chi connectivity index (χ1) is 11.1. The van der Waals surface area contributed by atoms with Crippen LogP contribution in [0.2, 0.25) is 0 Å². The summed E-state index contributed by atoms with van der Waals surface area (Å²) in [7, 11) is 0. The molecule has 0 spiro atoms. The van der Waals surface area contributed by atoms with Crippen LogP contribution in [0.25, 0.3) is 0 Å². The smallest absolute Gasteiger partial charge is 0.0584 e. The van der Waals surface area contributed by atoms with Gasteiger partial charge < -0.3 is 15.1 Å². The van der Waals surface area contributed by atoms with E-state index in [0.717, 1.165) is 32.5 Å². The van der Waals surface area contributed by atoms with Crippen LogP contribution in [0.3, 0.4) is 0 Å². The largest absolute Gasteiger partial charge is 0.396 e. The molecule has 4 heteroatoms.